The Balaban J connectivity index is 1.43. The van der Waals surface area contributed by atoms with E-state index >= 15 is 0 Å². The van der Waals surface area contributed by atoms with Crippen molar-refractivity contribution in [3.63, 3.8) is 0 Å². The van der Waals surface area contributed by atoms with Gasteiger partial charge in [-0.05, 0) is 31.4 Å². The van der Waals surface area contributed by atoms with Crippen LogP contribution in [0.5, 0.6) is 0 Å². The van der Waals surface area contributed by atoms with Crippen LogP contribution in [-0.2, 0) is 4.79 Å². The molecule has 0 bridgehead atoms. The minimum Gasteiger partial charge on any atom is -0.357 e. The molecule has 2 aliphatic rings. The number of hydrogen-bond acceptors (Lipinski definition) is 5. The van der Waals surface area contributed by atoms with Gasteiger partial charge in [0.15, 0.2) is 0 Å². The Bertz CT molecular complexity index is 634. The van der Waals surface area contributed by atoms with Gasteiger partial charge < -0.3 is 20.0 Å². The monoisotopic (exact) mass is 374 g/mol. The Morgan fingerprint density at radius 2 is 1.74 bits per heavy atom. The van der Waals surface area contributed by atoms with E-state index in [1.807, 2.05) is 17.0 Å². The van der Waals surface area contributed by atoms with Crippen LogP contribution in [0, 0.1) is 0 Å². The molecule has 2 fully saturated rings. The number of anilines is 2. The van der Waals surface area contributed by atoms with Crippen molar-refractivity contribution < 1.29 is 9.59 Å². The van der Waals surface area contributed by atoms with Crippen LogP contribution in [-0.4, -0.2) is 91.5 Å². The topological polar surface area (TPSA) is 72.0 Å². The first kappa shape index (κ1) is 19.4. The van der Waals surface area contributed by atoms with Crippen LogP contribution in [0.1, 0.15) is 19.3 Å². The summed E-state index contributed by atoms with van der Waals surface area (Å²) in [5, 5.41) is 2.92. The maximum absolute atomic E-state index is 12.3. The van der Waals surface area contributed by atoms with Crippen LogP contribution in [0.4, 0.5) is 16.3 Å². The summed E-state index contributed by atoms with van der Waals surface area (Å²) in [7, 11) is 3.51. The average molecular weight is 374 g/mol. The second-order valence-electron chi connectivity index (χ2n) is 7.44. The van der Waals surface area contributed by atoms with E-state index in [4.69, 9.17) is 0 Å². The molecule has 27 heavy (non-hydrogen) atoms. The molecule has 0 unspecified atom stereocenters. The maximum Gasteiger partial charge on any atom is 0.319 e. The van der Waals surface area contributed by atoms with Gasteiger partial charge in [-0.15, -0.1) is 0 Å². The lowest BCUT2D eigenvalue weighted by Crippen LogP contribution is -2.52. The Morgan fingerprint density at radius 1 is 1.04 bits per heavy atom. The number of piperidine rings is 1. The molecule has 3 amide bonds. The second-order valence-corrected chi connectivity index (χ2v) is 7.44. The molecular formula is C19H30N6O2. The molecule has 3 heterocycles. The van der Waals surface area contributed by atoms with Gasteiger partial charge >= 0.3 is 6.03 Å². The highest BCUT2D eigenvalue weighted by atomic mass is 16.2. The number of aromatic nitrogens is 1. The summed E-state index contributed by atoms with van der Waals surface area (Å²) < 4.78 is 0. The Kier molecular flexibility index (Phi) is 6.49. The Labute approximate surface area is 161 Å². The largest absolute Gasteiger partial charge is 0.357 e. The van der Waals surface area contributed by atoms with Crippen LogP contribution in [0.2, 0.25) is 0 Å². The molecule has 0 radical (unpaired) electrons. The van der Waals surface area contributed by atoms with E-state index in [0.29, 0.717) is 32.7 Å². The highest BCUT2D eigenvalue weighted by Crippen LogP contribution is 2.19. The van der Waals surface area contributed by atoms with Gasteiger partial charge in [-0.1, -0.05) is 0 Å². The zero-order valence-corrected chi connectivity index (χ0v) is 16.4. The third-order valence-electron chi connectivity index (χ3n) is 5.10. The van der Waals surface area contributed by atoms with Crippen LogP contribution < -0.4 is 10.2 Å². The summed E-state index contributed by atoms with van der Waals surface area (Å²) in [6.45, 7) is 5.16. The van der Waals surface area contributed by atoms with Gasteiger partial charge in [-0.2, -0.15) is 0 Å². The van der Waals surface area contributed by atoms with Crippen molar-refractivity contribution in [3.8, 4) is 0 Å². The molecule has 2 saturated heterocycles. The van der Waals surface area contributed by atoms with E-state index in [1.54, 1.807) is 25.2 Å². The van der Waals surface area contributed by atoms with Gasteiger partial charge in [0, 0.05) is 53.4 Å². The van der Waals surface area contributed by atoms with Crippen molar-refractivity contribution in [1.82, 2.24) is 19.7 Å². The summed E-state index contributed by atoms with van der Waals surface area (Å²) in [5.41, 5.74) is 0.724. The molecule has 2 aliphatic heterocycles. The van der Waals surface area contributed by atoms with E-state index in [-0.39, 0.29) is 11.9 Å². The summed E-state index contributed by atoms with van der Waals surface area (Å²) in [6.07, 6.45) is 5.46. The van der Waals surface area contributed by atoms with E-state index < -0.39 is 0 Å². The molecule has 0 saturated carbocycles. The number of amides is 3. The van der Waals surface area contributed by atoms with Crippen LogP contribution >= 0.6 is 0 Å². The molecule has 1 aromatic rings. The summed E-state index contributed by atoms with van der Waals surface area (Å²) in [6, 6.07) is 3.92. The highest BCUT2D eigenvalue weighted by molar-refractivity contribution is 5.92. The minimum absolute atomic E-state index is 0.0268. The van der Waals surface area contributed by atoms with Crippen molar-refractivity contribution in [1.29, 1.82) is 0 Å². The molecule has 1 N–H and O–H groups in total. The van der Waals surface area contributed by atoms with E-state index in [0.717, 1.165) is 24.6 Å². The molecule has 0 spiro atoms. The number of pyridine rings is 1. The molecule has 3 rings (SSSR count). The number of rotatable bonds is 4. The van der Waals surface area contributed by atoms with Crippen LogP contribution in [0.25, 0.3) is 0 Å². The summed E-state index contributed by atoms with van der Waals surface area (Å²) in [4.78, 5) is 36.5. The fraction of sp³-hybridized carbons (Fsp3) is 0.632. The molecule has 1 aromatic heterocycles. The van der Waals surface area contributed by atoms with Gasteiger partial charge in [0.2, 0.25) is 5.91 Å². The van der Waals surface area contributed by atoms with E-state index in [9.17, 15) is 9.59 Å². The molecule has 0 atom stereocenters. The zero-order valence-electron chi connectivity index (χ0n) is 16.4. The normalized spacial score (nSPS) is 18.3. The van der Waals surface area contributed by atoms with Gasteiger partial charge in [0.25, 0.3) is 0 Å². The SMILES string of the molecule is CN(C)C(=O)N1CCN(CC(=O)Nc2ccc(N3CCCCC3)nc2)CC1. The summed E-state index contributed by atoms with van der Waals surface area (Å²) in [5.74, 6) is 0.935. The third kappa shape index (κ3) is 5.32. The lowest BCUT2D eigenvalue weighted by molar-refractivity contribution is -0.117. The van der Waals surface area contributed by atoms with Crippen molar-refractivity contribution in [2.75, 3.05) is 70.1 Å². The lowest BCUT2D eigenvalue weighted by atomic mass is 10.1. The number of piperazine rings is 1. The second kappa shape index (κ2) is 9.03. The molecule has 148 valence electrons. The lowest BCUT2D eigenvalue weighted by Gasteiger charge is -2.35. The number of nitrogens with one attached hydrogen (secondary N) is 1. The maximum atomic E-state index is 12.3. The quantitative estimate of drug-likeness (QED) is 0.860. The molecule has 0 aromatic carbocycles. The van der Waals surface area contributed by atoms with Crippen molar-refractivity contribution >= 4 is 23.4 Å². The van der Waals surface area contributed by atoms with Gasteiger partial charge in [0.05, 0.1) is 18.4 Å². The van der Waals surface area contributed by atoms with Gasteiger partial charge in [0.1, 0.15) is 5.82 Å². The average Bonchev–Trinajstić information content (AvgIpc) is 2.69. The minimum atomic E-state index is -0.0464. The first-order valence-corrected chi connectivity index (χ1v) is 9.72. The fourth-order valence-electron chi connectivity index (χ4n) is 3.55. The molecular weight excluding hydrogens is 344 g/mol. The van der Waals surface area contributed by atoms with Crippen molar-refractivity contribution in [2.24, 2.45) is 0 Å². The molecule has 8 nitrogen and oxygen atoms in total. The number of urea groups is 1. The van der Waals surface area contributed by atoms with E-state index in [2.05, 4.69) is 20.1 Å². The number of carbonyl (C=O) groups excluding carboxylic acids is 2. The fourth-order valence-corrected chi connectivity index (χ4v) is 3.55. The van der Waals surface area contributed by atoms with Gasteiger partial charge in [-0.3, -0.25) is 9.69 Å². The van der Waals surface area contributed by atoms with E-state index in [1.165, 1.54) is 19.3 Å². The number of hydrogen-bond donors (Lipinski definition) is 1. The smallest absolute Gasteiger partial charge is 0.319 e. The zero-order chi connectivity index (χ0) is 19.2. The van der Waals surface area contributed by atoms with Crippen molar-refractivity contribution in [3.05, 3.63) is 18.3 Å². The summed E-state index contributed by atoms with van der Waals surface area (Å²) >= 11 is 0. The standard InChI is InChI=1S/C19H30N6O2/c1-22(2)19(27)25-12-10-23(11-13-25)15-18(26)21-16-6-7-17(20-14-16)24-8-4-3-5-9-24/h6-7,14H,3-5,8-13,15H2,1-2H3,(H,21,26). The van der Waals surface area contributed by atoms with Crippen molar-refractivity contribution in [2.45, 2.75) is 19.3 Å². The molecule has 0 aliphatic carbocycles. The van der Waals surface area contributed by atoms with Crippen LogP contribution in [0.3, 0.4) is 0 Å². The first-order valence-electron chi connectivity index (χ1n) is 9.72. The van der Waals surface area contributed by atoms with Gasteiger partial charge in [-0.25, -0.2) is 9.78 Å². The predicted molar refractivity (Wildman–Crippen MR) is 106 cm³/mol. The Morgan fingerprint density at radius 3 is 2.33 bits per heavy atom. The number of nitrogens with zero attached hydrogens (tertiary/aromatic N) is 5. The first-order chi connectivity index (χ1) is 13.0. The highest BCUT2D eigenvalue weighted by Gasteiger charge is 2.23. The third-order valence-corrected chi connectivity index (χ3v) is 5.10. The predicted octanol–water partition coefficient (Wildman–Crippen LogP) is 1.31. The van der Waals surface area contributed by atoms with Crippen LogP contribution in [0.15, 0.2) is 18.3 Å². The Hall–Kier alpha value is -2.35. The number of carbonyl (C=O) groups is 2. The molecule has 8 heteroatoms.